The highest BCUT2D eigenvalue weighted by molar-refractivity contribution is 5.86. The molecule has 4 nitrogen and oxygen atoms in total. The molecule has 0 radical (unpaired) electrons. The number of likely N-dealkylation sites (N-methyl/N-ethyl adjacent to an activating group) is 1. The van der Waals surface area contributed by atoms with Crippen molar-refractivity contribution in [2.24, 2.45) is 5.73 Å². The zero-order valence-corrected chi connectivity index (χ0v) is 10.7. The molecule has 0 aliphatic heterocycles. The SMILES string of the molecule is CCNC(COCC(F)F)(C(N)=O)c1ccccc1. The van der Waals surface area contributed by atoms with Crippen LogP contribution >= 0.6 is 0 Å². The van der Waals surface area contributed by atoms with E-state index in [0.717, 1.165) is 0 Å². The molecule has 1 atom stereocenters. The number of carbonyl (C=O) groups excluding carboxylic acids is 1. The Morgan fingerprint density at radius 2 is 2.05 bits per heavy atom. The van der Waals surface area contributed by atoms with Crippen molar-refractivity contribution in [2.75, 3.05) is 19.8 Å². The van der Waals surface area contributed by atoms with Gasteiger partial charge in [-0.3, -0.25) is 10.1 Å². The molecule has 0 fully saturated rings. The third kappa shape index (κ3) is 3.97. The minimum Gasteiger partial charge on any atom is -0.373 e. The summed E-state index contributed by atoms with van der Waals surface area (Å²) >= 11 is 0. The van der Waals surface area contributed by atoms with Crippen LogP contribution < -0.4 is 11.1 Å². The van der Waals surface area contributed by atoms with E-state index in [1.54, 1.807) is 37.3 Å². The van der Waals surface area contributed by atoms with Crippen molar-refractivity contribution in [3.8, 4) is 0 Å². The van der Waals surface area contributed by atoms with Gasteiger partial charge in [-0.15, -0.1) is 0 Å². The molecule has 1 aromatic rings. The Morgan fingerprint density at radius 1 is 1.42 bits per heavy atom. The number of nitrogens with one attached hydrogen (secondary N) is 1. The number of halogens is 2. The summed E-state index contributed by atoms with van der Waals surface area (Å²) in [6.07, 6.45) is -2.58. The number of ether oxygens (including phenoxy) is 1. The standard InChI is InChI=1S/C13H18F2N2O2/c1-2-17-13(12(16)18,9-19-8-11(14)15)10-6-4-3-5-7-10/h3-7,11,17H,2,8-9H2,1H3,(H2,16,18). The third-order valence-corrected chi connectivity index (χ3v) is 2.73. The number of alkyl halides is 2. The Kier molecular flexibility index (Phi) is 5.85. The zero-order valence-electron chi connectivity index (χ0n) is 10.7. The smallest absolute Gasteiger partial charge is 0.261 e. The second kappa shape index (κ2) is 7.16. The van der Waals surface area contributed by atoms with E-state index in [2.05, 4.69) is 5.32 Å². The van der Waals surface area contributed by atoms with Gasteiger partial charge >= 0.3 is 0 Å². The third-order valence-electron chi connectivity index (χ3n) is 2.73. The fourth-order valence-corrected chi connectivity index (χ4v) is 1.86. The van der Waals surface area contributed by atoms with Gasteiger partial charge in [0.05, 0.1) is 6.61 Å². The van der Waals surface area contributed by atoms with E-state index in [-0.39, 0.29) is 6.61 Å². The predicted octanol–water partition coefficient (Wildman–Crippen LogP) is 1.26. The lowest BCUT2D eigenvalue weighted by Gasteiger charge is -2.31. The van der Waals surface area contributed by atoms with Gasteiger partial charge in [-0.25, -0.2) is 8.78 Å². The van der Waals surface area contributed by atoms with Gasteiger partial charge in [0.2, 0.25) is 5.91 Å². The van der Waals surface area contributed by atoms with Crippen LogP contribution in [0.15, 0.2) is 30.3 Å². The van der Waals surface area contributed by atoms with Gasteiger partial charge in [-0.2, -0.15) is 0 Å². The van der Waals surface area contributed by atoms with Crippen molar-refractivity contribution in [1.82, 2.24) is 5.32 Å². The molecule has 1 rings (SSSR count). The molecule has 1 unspecified atom stereocenters. The average molecular weight is 272 g/mol. The van der Waals surface area contributed by atoms with Crippen molar-refractivity contribution in [3.05, 3.63) is 35.9 Å². The molecular weight excluding hydrogens is 254 g/mol. The number of hydrogen-bond donors (Lipinski definition) is 2. The Hall–Kier alpha value is -1.53. The molecule has 0 aliphatic carbocycles. The number of nitrogens with two attached hydrogens (primary N) is 1. The molecule has 0 spiro atoms. The van der Waals surface area contributed by atoms with Crippen LogP contribution in [0.4, 0.5) is 8.78 Å². The Morgan fingerprint density at radius 3 is 2.53 bits per heavy atom. The minimum atomic E-state index is -2.58. The van der Waals surface area contributed by atoms with Crippen LogP contribution in [0.3, 0.4) is 0 Å². The summed E-state index contributed by atoms with van der Waals surface area (Å²) in [6, 6.07) is 8.70. The van der Waals surface area contributed by atoms with Crippen molar-refractivity contribution >= 4 is 5.91 Å². The summed E-state index contributed by atoms with van der Waals surface area (Å²) in [7, 11) is 0. The lowest BCUT2D eigenvalue weighted by molar-refractivity contribution is -0.128. The van der Waals surface area contributed by atoms with Crippen LogP contribution in [0.25, 0.3) is 0 Å². The largest absolute Gasteiger partial charge is 0.373 e. The molecule has 106 valence electrons. The van der Waals surface area contributed by atoms with Gasteiger partial charge in [-0.1, -0.05) is 37.3 Å². The van der Waals surface area contributed by atoms with Crippen LogP contribution in [-0.4, -0.2) is 32.1 Å². The van der Waals surface area contributed by atoms with Crippen molar-refractivity contribution in [2.45, 2.75) is 18.9 Å². The molecule has 0 heterocycles. The van der Waals surface area contributed by atoms with Gasteiger partial charge in [0.15, 0.2) is 0 Å². The first-order chi connectivity index (χ1) is 9.03. The van der Waals surface area contributed by atoms with Crippen LogP contribution in [-0.2, 0) is 15.1 Å². The molecule has 0 aromatic heterocycles. The molecule has 1 amide bonds. The number of carbonyl (C=O) groups is 1. The number of amides is 1. The molecule has 19 heavy (non-hydrogen) atoms. The molecule has 0 saturated heterocycles. The summed E-state index contributed by atoms with van der Waals surface area (Å²) in [4.78, 5) is 11.8. The van der Waals surface area contributed by atoms with E-state index >= 15 is 0 Å². The maximum Gasteiger partial charge on any atom is 0.261 e. The summed E-state index contributed by atoms with van der Waals surface area (Å²) in [5.74, 6) is -0.658. The van der Waals surface area contributed by atoms with E-state index in [1.165, 1.54) is 0 Å². The Bertz CT molecular complexity index is 401. The topological polar surface area (TPSA) is 64.3 Å². The summed E-state index contributed by atoms with van der Waals surface area (Å²) < 4.78 is 29.2. The van der Waals surface area contributed by atoms with Gasteiger partial charge < -0.3 is 10.5 Å². The van der Waals surface area contributed by atoms with Crippen molar-refractivity contribution in [1.29, 1.82) is 0 Å². The monoisotopic (exact) mass is 272 g/mol. The van der Waals surface area contributed by atoms with Gasteiger partial charge in [0, 0.05) is 0 Å². The second-order valence-electron chi connectivity index (χ2n) is 4.07. The Balaban J connectivity index is 2.97. The number of benzene rings is 1. The summed E-state index contributed by atoms with van der Waals surface area (Å²) in [5.41, 5.74) is 4.75. The molecular formula is C13H18F2N2O2. The van der Waals surface area contributed by atoms with Crippen LogP contribution in [0.1, 0.15) is 12.5 Å². The molecule has 1 aromatic carbocycles. The van der Waals surface area contributed by atoms with E-state index < -0.39 is 24.5 Å². The van der Waals surface area contributed by atoms with Crippen molar-refractivity contribution in [3.63, 3.8) is 0 Å². The predicted molar refractivity (Wildman–Crippen MR) is 67.8 cm³/mol. The first-order valence-electron chi connectivity index (χ1n) is 5.99. The quantitative estimate of drug-likeness (QED) is 0.749. The highest BCUT2D eigenvalue weighted by Crippen LogP contribution is 2.21. The zero-order chi connectivity index (χ0) is 14.3. The minimum absolute atomic E-state index is 0.232. The second-order valence-corrected chi connectivity index (χ2v) is 4.07. The highest BCUT2D eigenvalue weighted by atomic mass is 19.3. The summed E-state index contributed by atoms with van der Waals surface area (Å²) in [5, 5.41) is 2.94. The van der Waals surface area contributed by atoms with Gasteiger partial charge in [0.1, 0.15) is 12.1 Å². The first-order valence-corrected chi connectivity index (χ1v) is 5.99. The fourth-order valence-electron chi connectivity index (χ4n) is 1.86. The van der Waals surface area contributed by atoms with E-state index in [4.69, 9.17) is 10.5 Å². The maximum atomic E-state index is 12.1. The van der Waals surface area contributed by atoms with Crippen LogP contribution in [0.2, 0.25) is 0 Å². The normalized spacial score (nSPS) is 14.3. The lowest BCUT2D eigenvalue weighted by Crippen LogP contribution is -2.56. The molecule has 3 N–H and O–H groups in total. The highest BCUT2D eigenvalue weighted by Gasteiger charge is 2.38. The summed E-state index contributed by atoms with van der Waals surface area (Å²) in [6.45, 7) is 1.29. The number of hydrogen-bond acceptors (Lipinski definition) is 3. The van der Waals surface area contributed by atoms with Gasteiger partial charge in [0.25, 0.3) is 6.43 Å². The molecule has 0 bridgehead atoms. The fraction of sp³-hybridized carbons (Fsp3) is 0.462. The van der Waals surface area contributed by atoms with Crippen molar-refractivity contribution < 1.29 is 18.3 Å². The van der Waals surface area contributed by atoms with Gasteiger partial charge in [-0.05, 0) is 12.1 Å². The number of primary amides is 1. The average Bonchev–Trinajstić information content (AvgIpc) is 2.38. The van der Waals surface area contributed by atoms with Crippen LogP contribution in [0, 0.1) is 0 Å². The molecule has 6 heteroatoms. The van der Waals surface area contributed by atoms with E-state index in [9.17, 15) is 13.6 Å². The first kappa shape index (κ1) is 15.5. The van der Waals surface area contributed by atoms with E-state index in [0.29, 0.717) is 12.1 Å². The Labute approximate surface area is 110 Å². The van der Waals surface area contributed by atoms with E-state index in [1.807, 2.05) is 0 Å². The lowest BCUT2D eigenvalue weighted by atomic mass is 9.89. The maximum absolute atomic E-state index is 12.1. The molecule has 0 aliphatic rings. The number of rotatable bonds is 8. The molecule has 0 saturated carbocycles. The van der Waals surface area contributed by atoms with Crippen LogP contribution in [0.5, 0.6) is 0 Å².